The largest absolute Gasteiger partial charge is 0.487 e. The Bertz CT molecular complexity index is 1080. The fourth-order valence-corrected chi connectivity index (χ4v) is 6.66. The van der Waals surface area contributed by atoms with Crippen molar-refractivity contribution in [2.75, 3.05) is 19.6 Å². The van der Waals surface area contributed by atoms with Crippen LogP contribution in [0.15, 0.2) is 47.4 Å². The van der Waals surface area contributed by atoms with Gasteiger partial charge in [0.15, 0.2) is 0 Å². The molecule has 2 aromatic carbocycles. The van der Waals surface area contributed by atoms with E-state index in [1.54, 1.807) is 11.0 Å². The zero-order chi connectivity index (χ0) is 23.4. The fraction of sp³-hybridized carbons (Fsp3) is 0.292. The second kappa shape index (κ2) is 11.2. The number of imide groups is 1. The van der Waals surface area contributed by atoms with Crippen LogP contribution < -0.4 is 4.74 Å². The van der Waals surface area contributed by atoms with Crippen LogP contribution in [-0.4, -0.2) is 46.5 Å². The lowest BCUT2D eigenvalue weighted by atomic mass is 10.1. The normalized spacial score (nSPS) is 17.7. The van der Waals surface area contributed by atoms with Gasteiger partial charge in [0.2, 0.25) is 5.91 Å². The molecule has 4 rings (SSSR count). The summed E-state index contributed by atoms with van der Waals surface area (Å²) in [6, 6.07) is 13.8. The Morgan fingerprint density at radius 3 is 2.36 bits per heavy atom. The monoisotopic (exact) mass is 688 g/mol. The topological polar surface area (TPSA) is 66.9 Å². The summed E-state index contributed by atoms with van der Waals surface area (Å²) in [6.07, 6.45) is 4.76. The molecule has 172 valence electrons. The number of nitrogens with zero attached hydrogens (tertiary/aromatic N) is 2. The average molecular weight is 688 g/mol. The first-order valence-electron chi connectivity index (χ1n) is 10.6. The van der Waals surface area contributed by atoms with Crippen LogP contribution in [0.4, 0.5) is 4.79 Å². The molecule has 3 amide bonds. The molecule has 2 aromatic rings. The van der Waals surface area contributed by atoms with Gasteiger partial charge in [0.05, 0.1) is 12.0 Å². The first kappa shape index (κ1) is 24.5. The highest BCUT2D eigenvalue weighted by Crippen LogP contribution is 2.35. The number of carbonyl (C=O) groups is 3. The molecule has 33 heavy (non-hydrogen) atoms. The van der Waals surface area contributed by atoms with Crippen LogP contribution in [0.5, 0.6) is 5.75 Å². The lowest BCUT2D eigenvalue weighted by Crippen LogP contribution is -2.44. The van der Waals surface area contributed by atoms with Crippen LogP contribution in [0.3, 0.4) is 0 Å². The van der Waals surface area contributed by atoms with Crippen LogP contribution in [0, 0.1) is 7.14 Å². The van der Waals surface area contributed by atoms with E-state index in [1.807, 2.05) is 42.5 Å². The van der Waals surface area contributed by atoms with E-state index < -0.39 is 11.1 Å². The molecular formula is C24H22I2N2O4S. The molecule has 2 saturated heterocycles. The van der Waals surface area contributed by atoms with E-state index in [2.05, 4.69) is 45.2 Å². The zero-order valence-electron chi connectivity index (χ0n) is 17.8. The SMILES string of the molecule is O=C(CN1C(=O)S/C(=C\c2cc(I)c(OCc3ccccc3)c(I)c2)C1=O)N1CCCCC1. The molecule has 0 unspecified atom stereocenters. The molecule has 2 aliphatic heterocycles. The van der Waals surface area contributed by atoms with Crippen LogP contribution >= 0.6 is 56.9 Å². The molecule has 2 aliphatic rings. The molecule has 0 atom stereocenters. The minimum absolute atomic E-state index is 0.165. The van der Waals surface area contributed by atoms with Crippen molar-refractivity contribution < 1.29 is 19.1 Å². The van der Waals surface area contributed by atoms with Gasteiger partial charge in [-0.15, -0.1) is 0 Å². The Morgan fingerprint density at radius 2 is 1.70 bits per heavy atom. The summed E-state index contributed by atoms with van der Waals surface area (Å²) in [5.74, 6) is 0.212. The van der Waals surface area contributed by atoms with Gasteiger partial charge in [-0.25, -0.2) is 0 Å². The summed E-state index contributed by atoms with van der Waals surface area (Å²) in [6.45, 7) is 1.67. The predicted octanol–water partition coefficient (Wildman–Crippen LogP) is 5.52. The van der Waals surface area contributed by atoms with Gasteiger partial charge in [-0.2, -0.15) is 0 Å². The van der Waals surface area contributed by atoms with Gasteiger partial charge < -0.3 is 9.64 Å². The molecule has 0 aromatic heterocycles. The number of ether oxygens (including phenoxy) is 1. The summed E-state index contributed by atoms with van der Waals surface area (Å²) >= 11 is 5.31. The molecule has 0 saturated carbocycles. The lowest BCUT2D eigenvalue weighted by Gasteiger charge is -2.27. The number of amides is 3. The van der Waals surface area contributed by atoms with Crippen molar-refractivity contribution in [3.63, 3.8) is 0 Å². The van der Waals surface area contributed by atoms with E-state index >= 15 is 0 Å². The van der Waals surface area contributed by atoms with Gasteiger partial charge in [-0.05, 0) is 106 Å². The maximum Gasteiger partial charge on any atom is 0.294 e. The van der Waals surface area contributed by atoms with Gasteiger partial charge in [-0.3, -0.25) is 19.3 Å². The Morgan fingerprint density at radius 1 is 1.03 bits per heavy atom. The van der Waals surface area contributed by atoms with E-state index in [-0.39, 0.29) is 12.5 Å². The van der Waals surface area contributed by atoms with Crippen molar-refractivity contribution in [2.24, 2.45) is 0 Å². The smallest absolute Gasteiger partial charge is 0.294 e. The maximum absolute atomic E-state index is 12.9. The second-order valence-electron chi connectivity index (χ2n) is 7.80. The highest BCUT2D eigenvalue weighted by Gasteiger charge is 2.37. The number of halogens is 2. The molecule has 6 nitrogen and oxygen atoms in total. The third-order valence-electron chi connectivity index (χ3n) is 5.42. The zero-order valence-corrected chi connectivity index (χ0v) is 22.9. The van der Waals surface area contributed by atoms with Crippen molar-refractivity contribution in [1.82, 2.24) is 9.80 Å². The Hall–Kier alpha value is -1.60. The molecule has 0 bridgehead atoms. The van der Waals surface area contributed by atoms with Gasteiger partial charge in [-0.1, -0.05) is 30.3 Å². The number of hydrogen-bond donors (Lipinski definition) is 0. The summed E-state index contributed by atoms with van der Waals surface area (Å²) in [5, 5.41) is -0.399. The number of thioether (sulfide) groups is 1. The van der Waals surface area contributed by atoms with E-state index in [4.69, 9.17) is 4.74 Å². The van der Waals surface area contributed by atoms with Crippen molar-refractivity contribution in [1.29, 1.82) is 0 Å². The Balaban J connectivity index is 1.45. The van der Waals surface area contributed by atoms with Crippen LogP contribution in [0.2, 0.25) is 0 Å². The predicted molar refractivity (Wildman–Crippen MR) is 146 cm³/mol. The average Bonchev–Trinajstić information content (AvgIpc) is 3.07. The van der Waals surface area contributed by atoms with Gasteiger partial charge in [0.25, 0.3) is 11.1 Å². The van der Waals surface area contributed by atoms with E-state index in [1.165, 1.54) is 0 Å². The highest BCUT2D eigenvalue weighted by molar-refractivity contribution is 14.1. The number of piperidine rings is 1. The Kier molecular flexibility index (Phi) is 8.34. The molecule has 0 spiro atoms. The molecular weight excluding hydrogens is 666 g/mol. The minimum Gasteiger partial charge on any atom is -0.487 e. The number of carbonyl (C=O) groups excluding carboxylic acids is 3. The summed E-state index contributed by atoms with van der Waals surface area (Å²) in [7, 11) is 0. The van der Waals surface area contributed by atoms with Gasteiger partial charge in [0.1, 0.15) is 18.9 Å². The quantitative estimate of drug-likeness (QED) is 0.296. The fourth-order valence-electron chi connectivity index (χ4n) is 3.70. The van der Waals surface area contributed by atoms with Crippen molar-refractivity contribution in [3.8, 4) is 5.75 Å². The number of benzene rings is 2. The van der Waals surface area contributed by atoms with Crippen molar-refractivity contribution in [2.45, 2.75) is 25.9 Å². The third kappa shape index (κ3) is 6.10. The standard InChI is InChI=1S/C24H22I2N2O4S/c25-18-11-17(12-19(26)22(18)32-15-16-7-3-1-4-8-16)13-20-23(30)28(24(31)33-20)14-21(29)27-9-5-2-6-10-27/h1,3-4,7-8,11-13H,2,5-6,9-10,14-15H2/b20-13-. The van der Waals surface area contributed by atoms with Gasteiger partial charge >= 0.3 is 0 Å². The lowest BCUT2D eigenvalue weighted by molar-refractivity contribution is -0.136. The molecule has 0 radical (unpaired) electrons. The van der Waals surface area contributed by atoms with Crippen molar-refractivity contribution >= 4 is 80.1 Å². The first-order chi connectivity index (χ1) is 15.9. The van der Waals surface area contributed by atoms with Crippen LogP contribution in [0.1, 0.15) is 30.4 Å². The maximum atomic E-state index is 12.9. The van der Waals surface area contributed by atoms with E-state index in [0.717, 1.165) is 59.9 Å². The molecule has 0 aliphatic carbocycles. The molecule has 0 N–H and O–H groups in total. The second-order valence-corrected chi connectivity index (χ2v) is 11.1. The van der Waals surface area contributed by atoms with Crippen molar-refractivity contribution in [3.05, 3.63) is 65.6 Å². The molecule has 2 fully saturated rings. The summed E-state index contributed by atoms with van der Waals surface area (Å²) in [5.41, 5.74) is 1.89. The van der Waals surface area contributed by atoms with Gasteiger partial charge in [0, 0.05) is 13.1 Å². The molecule has 2 heterocycles. The third-order valence-corrected chi connectivity index (χ3v) is 7.93. The summed E-state index contributed by atoms with van der Waals surface area (Å²) in [4.78, 5) is 41.0. The summed E-state index contributed by atoms with van der Waals surface area (Å²) < 4.78 is 7.86. The number of hydrogen-bond acceptors (Lipinski definition) is 5. The number of rotatable bonds is 6. The van der Waals surface area contributed by atoms with Crippen LogP contribution in [-0.2, 0) is 16.2 Å². The molecule has 9 heteroatoms. The highest BCUT2D eigenvalue weighted by atomic mass is 127. The Labute approximate surface area is 224 Å². The van der Waals surface area contributed by atoms with E-state index in [9.17, 15) is 14.4 Å². The first-order valence-corrected chi connectivity index (χ1v) is 13.6. The van der Waals surface area contributed by atoms with Crippen LogP contribution in [0.25, 0.3) is 6.08 Å². The van der Waals surface area contributed by atoms with E-state index in [0.29, 0.717) is 24.6 Å². The minimum atomic E-state index is -0.412. The number of likely N-dealkylation sites (tertiary alicyclic amines) is 1.